The molecule has 0 saturated heterocycles. The van der Waals surface area contributed by atoms with Crippen molar-refractivity contribution in [2.24, 2.45) is 0 Å². The minimum atomic E-state index is -4.54. The van der Waals surface area contributed by atoms with Crippen molar-refractivity contribution in [2.75, 3.05) is 0 Å². The zero-order chi connectivity index (χ0) is 23.6. The molecule has 4 rings (SSSR count). The Morgan fingerprint density at radius 2 is 1.00 bits per heavy atom. The Bertz CT molecular complexity index is 1400. The van der Waals surface area contributed by atoms with Gasteiger partial charge in [-0.2, -0.15) is 16.8 Å². The molecule has 0 bridgehead atoms. The maximum Gasteiger partial charge on any atom is 0.294 e. The second kappa shape index (κ2) is 7.10. The predicted octanol–water partition coefficient (Wildman–Crippen LogP) is 1.18. The molecule has 2 aromatic carbocycles. The molecular formula is C20H16N2O8S2. The first kappa shape index (κ1) is 21.9. The highest BCUT2D eigenvalue weighted by Crippen LogP contribution is 2.38. The Morgan fingerprint density at radius 1 is 0.656 bits per heavy atom. The normalized spacial score (nSPS) is 16.4. The first-order chi connectivity index (χ1) is 14.8. The van der Waals surface area contributed by atoms with Gasteiger partial charge in [-0.15, -0.1) is 0 Å². The van der Waals surface area contributed by atoms with E-state index in [-0.39, 0.29) is 54.6 Å². The van der Waals surface area contributed by atoms with Crippen LogP contribution in [0.1, 0.15) is 22.3 Å². The SMILES string of the molecule is Cc1ccc(C2=C3C(=O)NC(c4ccc(C)c(S(=O)(=O)O)c4)=C3C(=O)N2)cc1S(=O)(=O)O. The topological polar surface area (TPSA) is 167 Å². The van der Waals surface area contributed by atoms with Gasteiger partial charge >= 0.3 is 0 Å². The molecule has 0 spiro atoms. The monoisotopic (exact) mass is 476 g/mol. The van der Waals surface area contributed by atoms with Crippen LogP contribution in [0, 0.1) is 13.8 Å². The molecule has 0 saturated carbocycles. The third-order valence-electron chi connectivity index (χ3n) is 5.19. The Balaban J connectivity index is 1.93. The van der Waals surface area contributed by atoms with Crippen LogP contribution in [-0.4, -0.2) is 37.8 Å². The fraction of sp³-hybridized carbons (Fsp3) is 0.100. The van der Waals surface area contributed by atoms with Crippen LogP contribution in [0.2, 0.25) is 0 Å². The lowest BCUT2D eigenvalue weighted by Gasteiger charge is -2.10. The van der Waals surface area contributed by atoms with Gasteiger partial charge in [0.15, 0.2) is 0 Å². The van der Waals surface area contributed by atoms with Crippen LogP contribution in [0.4, 0.5) is 0 Å². The first-order valence-corrected chi connectivity index (χ1v) is 12.0. The summed E-state index contributed by atoms with van der Waals surface area (Å²) < 4.78 is 65.5. The largest absolute Gasteiger partial charge is 0.321 e. The van der Waals surface area contributed by atoms with Gasteiger partial charge in [0, 0.05) is 11.1 Å². The smallest absolute Gasteiger partial charge is 0.294 e. The number of amides is 2. The van der Waals surface area contributed by atoms with Gasteiger partial charge in [-0.05, 0) is 37.1 Å². The van der Waals surface area contributed by atoms with Gasteiger partial charge in [-0.25, -0.2) is 0 Å². The standard InChI is InChI=1S/C20H16N2O8S2/c1-9-3-5-11(7-13(9)31(25,26)27)17-15-16(20(24)21-17)18(22-19(15)23)12-6-4-10(2)14(8-12)32(28,29)30/h3-8H,1-2H3,(H,21,24)(H,22,23)(H,25,26,27)(H,28,29,30). The molecule has 0 fully saturated rings. The van der Waals surface area contributed by atoms with Crippen molar-refractivity contribution in [1.82, 2.24) is 10.6 Å². The van der Waals surface area contributed by atoms with Crippen LogP contribution >= 0.6 is 0 Å². The number of fused-ring (bicyclic) bond motifs is 1. The van der Waals surface area contributed by atoms with E-state index in [0.29, 0.717) is 0 Å². The molecule has 2 amide bonds. The van der Waals surface area contributed by atoms with E-state index >= 15 is 0 Å². The van der Waals surface area contributed by atoms with E-state index in [1.54, 1.807) is 0 Å². The van der Waals surface area contributed by atoms with Crippen molar-refractivity contribution >= 4 is 43.4 Å². The first-order valence-electron chi connectivity index (χ1n) is 9.07. The molecule has 2 aliphatic rings. The third-order valence-corrected chi connectivity index (χ3v) is 7.18. The Hall–Kier alpha value is -3.32. The number of carbonyl (C=O) groups is 2. The molecule has 32 heavy (non-hydrogen) atoms. The fourth-order valence-electron chi connectivity index (χ4n) is 3.68. The van der Waals surface area contributed by atoms with Gasteiger partial charge in [0.2, 0.25) is 0 Å². The van der Waals surface area contributed by atoms with Crippen molar-refractivity contribution in [1.29, 1.82) is 0 Å². The highest BCUT2D eigenvalue weighted by atomic mass is 32.2. The van der Waals surface area contributed by atoms with E-state index in [1.807, 2.05) is 0 Å². The molecule has 0 radical (unpaired) electrons. The molecule has 0 aromatic heterocycles. The molecule has 4 N–H and O–H groups in total. The molecule has 0 atom stereocenters. The van der Waals surface area contributed by atoms with E-state index in [9.17, 15) is 35.5 Å². The lowest BCUT2D eigenvalue weighted by Crippen LogP contribution is -2.21. The molecule has 2 aliphatic heterocycles. The summed E-state index contributed by atoms with van der Waals surface area (Å²) in [6, 6.07) is 8.11. The van der Waals surface area contributed by atoms with Crippen LogP contribution < -0.4 is 10.6 Å². The zero-order valence-electron chi connectivity index (χ0n) is 16.6. The number of carbonyl (C=O) groups excluding carboxylic acids is 2. The molecule has 12 heteroatoms. The number of aryl methyl sites for hydroxylation is 2. The molecule has 10 nitrogen and oxygen atoms in total. The summed E-state index contributed by atoms with van der Waals surface area (Å²) in [6.45, 7) is 2.96. The minimum absolute atomic E-state index is 0.0458. The molecule has 2 aromatic rings. The summed E-state index contributed by atoms with van der Waals surface area (Å²) in [5.41, 5.74) is 0.898. The maximum atomic E-state index is 12.7. The van der Waals surface area contributed by atoms with Crippen molar-refractivity contribution < 1.29 is 35.5 Å². The van der Waals surface area contributed by atoms with Crippen molar-refractivity contribution in [3.8, 4) is 0 Å². The number of hydrogen-bond acceptors (Lipinski definition) is 6. The Labute approximate surface area is 183 Å². The van der Waals surface area contributed by atoms with Crippen LogP contribution in [0.5, 0.6) is 0 Å². The number of nitrogens with one attached hydrogen (secondary N) is 2. The molecule has 166 valence electrons. The zero-order valence-corrected chi connectivity index (χ0v) is 18.3. The van der Waals surface area contributed by atoms with Crippen LogP contribution in [0.3, 0.4) is 0 Å². The van der Waals surface area contributed by atoms with Crippen LogP contribution in [-0.2, 0) is 29.8 Å². The summed E-state index contributed by atoms with van der Waals surface area (Å²) in [5.74, 6) is -1.32. The van der Waals surface area contributed by atoms with E-state index in [4.69, 9.17) is 0 Å². The van der Waals surface area contributed by atoms with E-state index < -0.39 is 32.1 Å². The highest BCUT2D eigenvalue weighted by molar-refractivity contribution is 7.86. The van der Waals surface area contributed by atoms with Crippen molar-refractivity contribution in [3.05, 3.63) is 69.8 Å². The summed E-state index contributed by atoms with van der Waals surface area (Å²) >= 11 is 0. The summed E-state index contributed by atoms with van der Waals surface area (Å²) in [5, 5.41) is 5.07. The van der Waals surface area contributed by atoms with E-state index in [1.165, 1.54) is 38.1 Å². The second-order valence-corrected chi connectivity index (χ2v) is 10.1. The third kappa shape index (κ3) is 3.52. The lowest BCUT2D eigenvalue weighted by atomic mass is 10.0. The second-order valence-electron chi connectivity index (χ2n) is 7.32. The number of hydrogen-bond donors (Lipinski definition) is 4. The number of benzene rings is 2. The molecular weight excluding hydrogens is 460 g/mol. The van der Waals surface area contributed by atoms with Gasteiger partial charge in [-0.1, -0.05) is 24.3 Å². The number of rotatable bonds is 4. The quantitative estimate of drug-likeness (QED) is 0.477. The highest BCUT2D eigenvalue weighted by Gasteiger charge is 2.41. The Kier molecular flexibility index (Phi) is 4.86. The van der Waals surface area contributed by atoms with Gasteiger partial charge in [0.25, 0.3) is 32.1 Å². The van der Waals surface area contributed by atoms with Crippen molar-refractivity contribution in [2.45, 2.75) is 23.6 Å². The average molecular weight is 476 g/mol. The molecule has 2 heterocycles. The summed E-state index contributed by atoms with van der Waals surface area (Å²) in [4.78, 5) is 24.7. The predicted molar refractivity (Wildman–Crippen MR) is 112 cm³/mol. The Morgan fingerprint density at radius 3 is 1.31 bits per heavy atom. The molecule has 0 unspecified atom stereocenters. The average Bonchev–Trinajstić information content (AvgIpc) is 3.19. The van der Waals surface area contributed by atoms with Gasteiger partial charge in [-0.3, -0.25) is 18.7 Å². The molecule has 0 aliphatic carbocycles. The maximum absolute atomic E-state index is 12.7. The minimum Gasteiger partial charge on any atom is -0.321 e. The van der Waals surface area contributed by atoms with E-state index in [2.05, 4.69) is 10.6 Å². The summed E-state index contributed by atoms with van der Waals surface area (Å²) in [7, 11) is -9.08. The fourth-order valence-corrected chi connectivity index (χ4v) is 5.18. The van der Waals surface area contributed by atoms with Crippen molar-refractivity contribution in [3.63, 3.8) is 0 Å². The lowest BCUT2D eigenvalue weighted by molar-refractivity contribution is -0.117. The van der Waals surface area contributed by atoms with Gasteiger partial charge < -0.3 is 10.6 Å². The summed E-state index contributed by atoms with van der Waals surface area (Å²) in [6.07, 6.45) is 0. The van der Waals surface area contributed by atoms with Crippen LogP contribution in [0.15, 0.2) is 57.3 Å². The van der Waals surface area contributed by atoms with Gasteiger partial charge in [0.05, 0.1) is 32.3 Å². The van der Waals surface area contributed by atoms with Crippen LogP contribution in [0.25, 0.3) is 11.4 Å². The van der Waals surface area contributed by atoms with Gasteiger partial charge in [0.1, 0.15) is 0 Å². The van der Waals surface area contributed by atoms with E-state index in [0.717, 1.165) is 12.1 Å².